The smallest absolute Gasteiger partial charge is 0.207 e. The van der Waals surface area contributed by atoms with Crippen LogP contribution in [0.2, 0.25) is 0 Å². The molecule has 0 aromatic rings. The number of alkyl halides is 4. The highest BCUT2D eigenvalue weighted by atomic mass is 19.3. The predicted molar refractivity (Wildman–Crippen MR) is 28.3 cm³/mol. The standard InChI is InChI=1S/C6H8F4/c1-4-2-5(7,8)3-6(4,9)10/h4H,2-3H2,1H3. The molecule has 60 valence electrons. The van der Waals surface area contributed by atoms with Gasteiger partial charge in [0.1, 0.15) is 0 Å². The summed E-state index contributed by atoms with van der Waals surface area (Å²) in [6.45, 7) is 1.15. The van der Waals surface area contributed by atoms with Crippen molar-refractivity contribution in [1.29, 1.82) is 0 Å². The van der Waals surface area contributed by atoms with E-state index in [-0.39, 0.29) is 0 Å². The normalized spacial score (nSPS) is 36.3. The Kier molecular flexibility index (Phi) is 1.45. The van der Waals surface area contributed by atoms with Crippen LogP contribution in [-0.4, -0.2) is 11.8 Å². The number of hydrogen-bond donors (Lipinski definition) is 0. The van der Waals surface area contributed by atoms with Crippen LogP contribution < -0.4 is 0 Å². The van der Waals surface area contributed by atoms with Crippen molar-refractivity contribution < 1.29 is 17.6 Å². The lowest BCUT2D eigenvalue weighted by atomic mass is 10.1. The number of hydrogen-bond acceptors (Lipinski definition) is 0. The summed E-state index contributed by atoms with van der Waals surface area (Å²) < 4.78 is 49.1. The second kappa shape index (κ2) is 1.86. The van der Waals surface area contributed by atoms with Crippen LogP contribution in [-0.2, 0) is 0 Å². The molecule has 0 nitrogen and oxygen atoms in total. The lowest BCUT2D eigenvalue weighted by Crippen LogP contribution is -2.19. The molecular weight excluding hydrogens is 148 g/mol. The van der Waals surface area contributed by atoms with Gasteiger partial charge < -0.3 is 0 Å². The fourth-order valence-electron chi connectivity index (χ4n) is 1.19. The van der Waals surface area contributed by atoms with Crippen LogP contribution in [0.3, 0.4) is 0 Å². The molecule has 1 unspecified atom stereocenters. The molecule has 0 aliphatic heterocycles. The molecule has 0 bridgehead atoms. The van der Waals surface area contributed by atoms with Gasteiger partial charge in [-0.1, -0.05) is 6.92 Å². The first-order chi connectivity index (χ1) is 4.33. The minimum absolute atomic E-state index is 0.681. The fourth-order valence-corrected chi connectivity index (χ4v) is 1.19. The molecule has 1 rings (SSSR count). The topological polar surface area (TPSA) is 0 Å². The molecule has 0 saturated heterocycles. The van der Waals surface area contributed by atoms with Crippen LogP contribution >= 0.6 is 0 Å². The van der Waals surface area contributed by atoms with Gasteiger partial charge in [-0.2, -0.15) is 0 Å². The Hall–Kier alpha value is -0.280. The van der Waals surface area contributed by atoms with Gasteiger partial charge in [0, 0.05) is 12.3 Å². The predicted octanol–water partition coefficient (Wildman–Crippen LogP) is 2.69. The number of halogens is 4. The first kappa shape index (κ1) is 7.82. The third-order valence-corrected chi connectivity index (χ3v) is 1.82. The second-order valence-electron chi connectivity index (χ2n) is 2.90. The van der Waals surface area contributed by atoms with E-state index in [2.05, 4.69) is 0 Å². The molecule has 0 N–H and O–H groups in total. The number of rotatable bonds is 0. The van der Waals surface area contributed by atoms with Crippen molar-refractivity contribution in [1.82, 2.24) is 0 Å². The molecule has 0 heterocycles. The molecule has 0 aromatic heterocycles. The highest BCUT2D eigenvalue weighted by Crippen LogP contribution is 2.48. The molecule has 1 saturated carbocycles. The highest BCUT2D eigenvalue weighted by Gasteiger charge is 2.55. The van der Waals surface area contributed by atoms with Gasteiger partial charge in [-0.15, -0.1) is 0 Å². The van der Waals surface area contributed by atoms with Crippen molar-refractivity contribution in [2.45, 2.75) is 31.6 Å². The van der Waals surface area contributed by atoms with Gasteiger partial charge in [0.2, 0.25) is 0 Å². The third kappa shape index (κ3) is 1.25. The van der Waals surface area contributed by atoms with Crippen LogP contribution in [0.5, 0.6) is 0 Å². The van der Waals surface area contributed by atoms with Crippen LogP contribution in [0.1, 0.15) is 19.8 Å². The molecule has 0 aromatic carbocycles. The van der Waals surface area contributed by atoms with Crippen molar-refractivity contribution in [3.05, 3.63) is 0 Å². The largest absolute Gasteiger partial charge is 0.256 e. The van der Waals surface area contributed by atoms with Gasteiger partial charge in [0.05, 0.1) is 6.42 Å². The van der Waals surface area contributed by atoms with E-state index >= 15 is 0 Å². The van der Waals surface area contributed by atoms with Crippen molar-refractivity contribution in [3.63, 3.8) is 0 Å². The SMILES string of the molecule is CC1CC(F)(F)CC1(F)F. The average Bonchev–Trinajstić information content (AvgIpc) is 1.73. The van der Waals surface area contributed by atoms with E-state index in [0.717, 1.165) is 6.92 Å². The van der Waals surface area contributed by atoms with E-state index in [1.54, 1.807) is 0 Å². The van der Waals surface area contributed by atoms with Gasteiger partial charge in [0.15, 0.2) is 0 Å². The van der Waals surface area contributed by atoms with Gasteiger partial charge in [0.25, 0.3) is 11.8 Å². The van der Waals surface area contributed by atoms with Crippen LogP contribution in [0.15, 0.2) is 0 Å². The Bertz CT molecular complexity index is 141. The molecule has 1 fully saturated rings. The Balaban J connectivity index is 2.71. The summed E-state index contributed by atoms with van der Waals surface area (Å²) in [6, 6.07) is 0. The van der Waals surface area contributed by atoms with E-state index in [1.807, 2.05) is 0 Å². The van der Waals surface area contributed by atoms with Crippen molar-refractivity contribution in [2.75, 3.05) is 0 Å². The van der Waals surface area contributed by atoms with E-state index in [9.17, 15) is 17.6 Å². The summed E-state index contributed by atoms with van der Waals surface area (Å²) in [5.74, 6) is -7.49. The molecule has 1 atom stereocenters. The van der Waals surface area contributed by atoms with E-state index in [0.29, 0.717) is 0 Å². The monoisotopic (exact) mass is 156 g/mol. The average molecular weight is 156 g/mol. The van der Waals surface area contributed by atoms with Crippen molar-refractivity contribution in [3.8, 4) is 0 Å². The maximum Gasteiger partial charge on any atom is 0.256 e. The summed E-state index contributed by atoms with van der Waals surface area (Å²) in [4.78, 5) is 0. The van der Waals surface area contributed by atoms with E-state index in [1.165, 1.54) is 0 Å². The third-order valence-electron chi connectivity index (χ3n) is 1.82. The van der Waals surface area contributed by atoms with E-state index < -0.39 is 30.6 Å². The molecule has 0 radical (unpaired) electrons. The summed E-state index contributed by atoms with van der Waals surface area (Å²) in [5.41, 5.74) is 0. The first-order valence-corrected chi connectivity index (χ1v) is 3.09. The van der Waals surface area contributed by atoms with Crippen LogP contribution in [0.4, 0.5) is 17.6 Å². The summed E-state index contributed by atoms with van der Waals surface area (Å²) in [5, 5.41) is 0. The Labute approximate surface area is 56.2 Å². The van der Waals surface area contributed by atoms with Gasteiger partial charge >= 0.3 is 0 Å². The molecule has 4 heteroatoms. The molecule has 0 amide bonds. The molecule has 10 heavy (non-hydrogen) atoms. The molecule has 0 spiro atoms. The fraction of sp³-hybridized carbons (Fsp3) is 1.00. The zero-order valence-electron chi connectivity index (χ0n) is 5.50. The lowest BCUT2D eigenvalue weighted by Gasteiger charge is -2.11. The van der Waals surface area contributed by atoms with Crippen molar-refractivity contribution in [2.24, 2.45) is 5.92 Å². The minimum atomic E-state index is -3.16. The summed E-state index contributed by atoms with van der Waals surface area (Å²) in [6.07, 6.45) is -1.96. The zero-order chi connectivity index (χ0) is 7.99. The zero-order valence-corrected chi connectivity index (χ0v) is 5.50. The quantitative estimate of drug-likeness (QED) is 0.473. The molecule has 1 aliphatic carbocycles. The minimum Gasteiger partial charge on any atom is -0.207 e. The lowest BCUT2D eigenvalue weighted by molar-refractivity contribution is -0.0626. The van der Waals surface area contributed by atoms with Crippen molar-refractivity contribution >= 4 is 0 Å². The van der Waals surface area contributed by atoms with Gasteiger partial charge in [-0.25, -0.2) is 17.6 Å². The maximum atomic E-state index is 12.4. The van der Waals surface area contributed by atoms with Gasteiger partial charge in [-0.05, 0) is 0 Å². The Morgan fingerprint density at radius 2 is 1.70 bits per heavy atom. The summed E-state index contributed by atoms with van der Waals surface area (Å²) >= 11 is 0. The molecular formula is C6H8F4. The second-order valence-corrected chi connectivity index (χ2v) is 2.90. The van der Waals surface area contributed by atoms with Crippen LogP contribution in [0, 0.1) is 5.92 Å². The maximum absolute atomic E-state index is 12.4. The Morgan fingerprint density at radius 3 is 1.80 bits per heavy atom. The van der Waals surface area contributed by atoms with Crippen LogP contribution in [0.25, 0.3) is 0 Å². The Morgan fingerprint density at radius 1 is 1.20 bits per heavy atom. The van der Waals surface area contributed by atoms with E-state index in [4.69, 9.17) is 0 Å². The van der Waals surface area contributed by atoms with Gasteiger partial charge in [-0.3, -0.25) is 0 Å². The summed E-state index contributed by atoms with van der Waals surface area (Å²) in [7, 11) is 0. The first-order valence-electron chi connectivity index (χ1n) is 3.09. The highest BCUT2D eigenvalue weighted by molar-refractivity contribution is 4.91. The molecule has 1 aliphatic rings.